The van der Waals surface area contributed by atoms with Crippen LogP contribution in [0.25, 0.3) is 0 Å². The number of anilines is 1. The van der Waals surface area contributed by atoms with Crippen LogP contribution in [0.4, 0.5) is 5.69 Å². The molecular weight excluding hydrogens is 362 g/mol. The number of carbonyl (C=O) groups is 1. The summed E-state index contributed by atoms with van der Waals surface area (Å²) in [6.07, 6.45) is -0.685. The number of carbonyl (C=O) groups excluding carboxylic acids is 1. The monoisotopic (exact) mass is 381 g/mol. The van der Waals surface area contributed by atoms with Crippen LogP contribution in [-0.2, 0) is 4.79 Å². The lowest BCUT2D eigenvalue weighted by Crippen LogP contribution is -2.30. The normalized spacial score (nSPS) is 11.5. The average Bonchev–Trinajstić information content (AvgIpc) is 2.67. The predicted octanol–water partition coefficient (Wildman–Crippen LogP) is 5.85. The average molecular weight is 382 g/mol. The molecule has 1 N–H and O–H groups in total. The summed E-state index contributed by atoms with van der Waals surface area (Å²) >= 11 is 6.02. The maximum atomic E-state index is 12.6. The van der Waals surface area contributed by atoms with Gasteiger partial charge in [-0.3, -0.25) is 4.79 Å². The van der Waals surface area contributed by atoms with E-state index >= 15 is 0 Å². The van der Waals surface area contributed by atoms with Gasteiger partial charge in [-0.1, -0.05) is 41.9 Å². The van der Waals surface area contributed by atoms with E-state index in [2.05, 4.69) is 5.32 Å². The second-order valence-corrected chi connectivity index (χ2v) is 6.48. The van der Waals surface area contributed by atoms with E-state index in [4.69, 9.17) is 21.1 Å². The van der Waals surface area contributed by atoms with Crippen LogP contribution in [0.3, 0.4) is 0 Å². The van der Waals surface area contributed by atoms with Gasteiger partial charge in [-0.25, -0.2) is 0 Å². The number of nitrogens with one attached hydrogen (secondary N) is 1. The lowest BCUT2D eigenvalue weighted by molar-refractivity contribution is -0.122. The molecule has 3 aromatic carbocycles. The lowest BCUT2D eigenvalue weighted by Gasteiger charge is -2.17. The quantitative estimate of drug-likeness (QED) is 0.582. The van der Waals surface area contributed by atoms with Crippen LogP contribution in [0.5, 0.6) is 17.2 Å². The number of amides is 1. The molecule has 4 nitrogen and oxygen atoms in total. The maximum Gasteiger partial charge on any atom is 0.265 e. The van der Waals surface area contributed by atoms with E-state index in [1.54, 1.807) is 37.3 Å². The van der Waals surface area contributed by atoms with Crippen molar-refractivity contribution in [3.05, 3.63) is 83.4 Å². The van der Waals surface area contributed by atoms with Gasteiger partial charge in [-0.15, -0.1) is 0 Å². The molecule has 0 radical (unpaired) electrons. The highest BCUT2D eigenvalue weighted by atomic mass is 35.5. The molecule has 3 aromatic rings. The summed E-state index contributed by atoms with van der Waals surface area (Å²) in [6, 6.07) is 22.0. The number of ether oxygens (including phenoxy) is 2. The molecule has 0 fully saturated rings. The lowest BCUT2D eigenvalue weighted by atomic mass is 10.2. The minimum Gasteiger partial charge on any atom is -0.481 e. The van der Waals surface area contributed by atoms with Gasteiger partial charge in [0, 0.05) is 5.02 Å². The van der Waals surface area contributed by atoms with Crippen LogP contribution in [0.1, 0.15) is 12.5 Å². The molecule has 138 valence electrons. The van der Waals surface area contributed by atoms with Gasteiger partial charge in [0.2, 0.25) is 0 Å². The third-order valence-electron chi connectivity index (χ3n) is 3.93. The molecule has 0 bridgehead atoms. The van der Waals surface area contributed by atoms with Gasteiger partial charge in [0.05, 0.1) is 5.69 Å². The van der Waals surface area contributed by atoms with Crippen LogP contribution in [0, 0.1) is 6.92 Å². The van der Waals surface area contributed by atoms with Gasteiger partial charge in [-0.05, 0) is 61.9 Å². The summed E-state index contributed by atoms with van der Waals surface area (Å²) in [6.45, 7) is 3.58. The first-order chi connectivity index (χ1) is 13.0. The van der Waals surface area contributed by atoms with E-state index < -0.39 is 6.10 Å². The standard InChI is InChI=1S/C22H20ClNO3/c1-15-14-18(12-13-19(15)23)26-16(2)22(25)24-20-10-6-7-11-21(20)27-17-8-4-3-5-9-17/h3-14,16H,1-2H3,(H,24,25)/t16-/m0/s1. The van der Waals surface area contributed by atoms with E-state index in [0.29, 0.717) is 28.0 Å². The van der Waals surface area contributed by atoms with E-state index in [1.807, 2.05) is 49.4 Å². The van der Waals surface area contributed by atoms with Gasteiger partial charge in [-0.2, -0.15) is 0 Å². The highest BCUT2D eigenvalue weighted by molar-refractivity contribution is 6.31. The fourth-order valence-corrected chi connectivity index (χ4v) is 2.57. The summed E-state index contributed by atoms with van der Waals surface area (Å²) in [4.78, 5) is 12.6. The van der Waals surface area contributed by atoms with Gasteiger partial charge in [0.25, 0.3) is 5.91 Å². The first-order valence-corrected chi connectivity index (χ1v) is 8.96. The fraction of sp³-hybridized carbons (Fsp3) is 0.136. The molecule has 0 unspecified atom stereocenters. The van der Waals surface area contributed by atoms with Gasteiger partial charge in [0.15, 0.2) is 11.9 Å². The largest absolute Gasteiger partial charge is 0.481 e. The minimum atomic E-state index is -0.685. The third kappa shape index (κ3) is 5.02. The molecule has 0 spiro atoms. The van der Waals surface area contributed by atoms with Crippen LogP contribution in [-0.4, -0.2) is 12.0 Å². The molecule has 0 aliphatic rings. The topological polar surface area (TPSA) is 47.6 Å². The number of para-hydroxylation sites is 3. The Balaban J connectivity index is 1.69. The maximum absolute atomic E-state index is 12.6. The molecule has 5 heteroatoms. The van der Waals surface area contributed by atoms with Crippen molar-refractivity contribution in [2.75, 3.05) is 5.32 Å². The smallest absolute Gasteiger partial charge is 0.265 e. The number of hydrogen-bond acceptors (Lipinski definition) is 3. The van der Waals surface area contributed by atoms with Crippen molar-refractivity contribution in [3.63, 3.8) is 0 Å². The molecule has 1 atom stereocenters. The third-order valence-corrected chi connectivity index (χ3v) is 4.35. The molecule has 0 aliphatic heterocycles. The molecular formula is C22H20ClNO3. The Morgan fingerprint density at radius 1 is 0.963 bits per heavy atom. The van der Waals surface area contributed by atoms with E-state index in [0.717, 1.165) is 5.56 Å². The Bertz CT molecular complexity index is 928. The second-order valence-electron chi connectivity index (χ2n) is 6.07. The van der Waals surface area contributed by atoms with Gasteiger partial charge in [0.1, 0.15) is 11.5 Å². The Hall–Kier alpha value is -2.98. The number of rotatable bonds is 6. The Kier molecular flexibility index (Phi) is 5.99. The molecule has 0 saturated heterocycles. The zero-order chi connectivity index (χ0) is 19.2. The number of hydrogen-bond donors (Lipinski definition) is 1. The number of benzene rings is 3. The van der Waals surface area contributed by atoms with Crippen LogP contribution >= 0.6 is 11.6 Å². The predicted molar refractivity (Wildman–Crippen MR) is 108 cm³/mol. The van der Waals surface area contributed by atoms with E-state index in [1.165, 1.54) is 0 Å². The minimum absolute atomic E-state index is 0.272. The fourth-order valence-electron chi connectivity index (χ4n) is 2.46. The molecule has 1 amide bonds. The van der Waals surface area contributed by atoms with Gasteiger partial charge < -0.3 is 14.8 Å². The molecule has 0 aliphatic carbocycles. The van der Waals surface area contributed by atoms with Crippen molar-refractivity contribution in [1.82, 2.24) is 0 Å². The molecule has 0 aromatic heterocycles. The Morgan fingerprint density at radius 3 is 2.41 bits per heavy atom. The molecule has 3 rings (SSSR count). The summed E-state index contributed by atoms with van der Waals surface area (Å²) in [7, 11) is 0. The Labute approximate surface area is 163 Å². The SMILES string of the molecule is Cc1cc(O[C@@H](C)C(=O)Nc2ccccc2Oc2ccccc2)ccc1Cl. The highest BCUT2D eigenvalue weighted by Gasteiger charge is 2.17. The van der Waals surface area contributed by atoms with Crippen molar-refractivity contribution in [1.29, 1.82) is 0 Å². The zero-order valence-electron chi connectivity index (χ0n) is 15.1. The van der Waals surface area contributed by atoms with Crippen molar-refractivity contribution in [2.24, 2.45) is 0 Å². The summed E-state index contributed by atoms with van der Waals surface area (Å²) in [5.41, 5.74) is 1.47. The summed E-state index contributed by atoms with van der Waals surface area (Å²) < 4.78 is 11.6. The molecule has 0 heterocycles. The summed E-state index contributed by atoms with van der Waals surface area (Å²) in [5, 5.41) is 3.52. The van der Waals surface area contributed by atoms with Crippen LogP contribution < -0.4 is 14.8 Å². The molecule has 0 saturated carbocycles. The van der Waals surface area contributed by atoms with E-state index in [-0.39, 0.29) is 5.91 Å². The zero-order valence-corrected chi connectivity index (χ0v) is 15.9. The van der Waals surface area contributed by atoms with Crippen LogP contribution in [0.2, 0.25) is 5.02 Å². The van der Waals surface area contributed by atoms with Crippen molar-refractivity contribution in [2.45, 2.75) is 20.0 Å². The molecule has 27 heavy (non-hydrogen) atoms. The number of halogens is 1. The Morgan fingerprint density at radius 2 is 1.67 bits per heavy atom. The van der Waals surface area contributed by atoms with Crippen molar-refractivity contribution < 1.29 is 14.3 Å². The van der Waals surface area contributed by atoms with Crippen molar-refractivity contribution in [3.8, 4) is 17.2 Å². The summed E-state index contributed by atoms with van der Waals surface area (Å²) in [5.74, 6) is 1.58. The number of aryl methyl sites for hydroxylation is 1. The first-order valence-electron chi connectivity index (χ1n) is 8.58. The van der Waals surface area contributed by atoms with E-state index in [9.17, 15) is 4.79 Å². The van der Waals surface area contributed by atoms with Crippen LogP contribution in [0.15, 0.2) is 72.8 Å². The second kappa shape index (κ2) is 8.60. The highest BCUT2D eigenvalue weighted by Crippen LogP contribution is 2.29. The van der Waals surface area contributed by atoms with Crippen molar-refractivity contribution >= 4 is 23.2 Å². The van der Waals surface area contributed by atoms with Gasteiger partial charge >= 0.3 is 0 Å². The first kappa shape index (κ1) is 18.8.